The highest BCUT2D eigenvalue weighted by Crippen LogP contribution is 2.42. The Morgan fingerprint density at radius 3 is 3.06 bits per heavy atom. The molecule has 0 radical (unpaired) electrons. The van der Waals surface area contributed by atoms with Crippen molar-refractivity contribution in [2.24, 2.45) is 0 Å². The highest BCUT2D eigenvalue weighted by Gasteiger charge is 2.34. The van der Waals surface area contributed by atoms with Gasteiger partial charge in [-0.25, -0.2) is 4.98 Å². The number of hydrogen-bond donors (Lipinski definition) is 1. The third-order valence-corrected chi connectivity index (χ3v) is 3.75. The summed E-state index contributed by atoms with van der Waals surface area (Å²) in [7, 11) is 0. The van der Waals surface area contributed by atoms with Gasteiger partial charge in [-0.2, -0.15) is 0 Å². The number of benzene rings is 1. The molecule has 0 amide bonds. The fourth-order valence-electron chi connectivity index (χ4n) is 2.78. The molecular weight excluding hydrogens is 224 g/mol. The predicted molar refractivity (Wildman–Crippen MR) is 70.4 cm³/mol. The van der Waals surface area contributed by atoms with Gasteiger partial charge in [-0.3, -0.25) is 0 Å². The second-order valence-electron chi connectivity index (χ2n) is 4.93. The van der Waals surface area contributed by atoms with Crippen LogP contribution in [0.2, 0.25) is 0 Å². The van der Waals surface area contributed by atoms with Crippen molar-refractivity contribution in [3.63, 3.8) is 0 Å². The monoisotopic (exact) mass is 242 g/mol. The molecular formula is C15H18N2O. The largest absolute Gasteiger partial charge is 0.385 e. The lowest BCUT2D eigenvalue weighted by Crippen LogP contribution is -2.25. The molecule has 2 unspecified atom stereocenters. The normalized spacial score (nSPS) is 19.1. The Morgan fingerprint density at radius 2 is 2.28 bits per heavy atom. The van der Waals surface area contributed by atoms with E-state index < -0.39 is 6.10 Å². The van der Waals surface area contributed by atoms with Crippen LogP contribution < -0.4 is 0 Å². The number of hydrogen-bond acceptors (Lipinski definition) is 2. The standard InChI is InChI=1S/C15H18N2O/c1-2-8-17-9-7-16-15(17)14(18)13-10-11-5-3-4-6-12(11)13/h3-7,9,13-14,18H,2,8,10H2,1H3. The van der Waals surface area contributed by atoms with E-state index >= 15 is 0 Å². The molecule has 1 aliphatic rings. The molecule has 2 atom stereocenters. The maximum absolute atomic E-state index is 10.5. The van der Waals surface area contributed by atoms with Crippen molar-refractivity contribution in [1.29, 1.82) is 0 Å². The fourth-order valence-corrected chi connectivity index (χ4v) is 2.78. The van der Waals surface area contributed by atoms with Crippen molar-refractivity contribution in [2.75, 3.05) is 0 Å². The first kappa shape index (κ1) is 11.5. The maximum atomic E-state index is 10.5. The van der Waals surface area contributed by atoms with Gasteiger partial charge in [0.15, 0.2) is 0 Å². The molecule has 1 N–H and O–H groups in total. The smallest absolute Gasteiger partial charge is 0.138 e. The molecule has 94 valence electrons. The summed E-state index contributed by atoms with van der Waals surface area (Å²) in [5, 5.41) is 10.5. The van der Waals surface area contributed by atoms with Gasteiger partial charge in [0.2, 0.25) is 0 Å². The first-order valence-electron chi connectivity index (χ1n) is 6.58. The van der Waals surface area contributed by atoms with E-state index in [1.807, 2.05) is 12.3 Å². The molecule has 18 heavy (non-hydrogen) atoms. The molecule has 3 nitrogen and oxygen atoms in total. The number of aryl methyl sites for hydroxylation is 1. The summed E-state index contributed by atoms with van der Waals surface area (Å²) in [6, 6.07) is 8.34. The Bertz CT molecular complexity index is 547. The minimum absolute atomic E-state index is 0.208. The summed E-state index contributed by atoms with van der Waals surface area (Å²) in [6.07, 6.45) is 5.25. The summed E-state index contributed by atoms with van der Waals surface area (Å²) in [5.41, 5.74) is 2.63. The Morgan fingerprint density at radius 1 is 1.44 bits per heavy atom. The van der Waals surface area contributed by atoms with Crippen molar-refractivity contribution in [3.8, 4) is 0 Å². The number of rotatable bonds is 4. The molecule has 3 rings (SSSR count). The Labute approximate surface area is 107 Å². The van der Waals surface area contributed by atoms with E-state index in [0.29, 0.717) is 0 Å². The van der Waals surface area contributed by atoms with Gasteiger partial charge in [0.05, 0.1) is 0 Å². The highest BCUT2D eigenvalue weighted by atomic mass is 16.3. The first-order chi connectivity index (χ1) is 8.81. The summed E-state index contributed by atoms with van der Waals surface area (Å²) in [6.45, 7) is 3.05. The van der Waals surface area contributed by atoms with E-state index in [4.69, 9.17) is 0 Å². The van der Waals surface area contributed by atoms with E-state index in [0.717, 1.165) is 25.2 Å². The summed E-state index contributed by atoms with van der Waals surface area (Å²) < 4.78 is 2.06. The van der Waals surface area contributed by atoms with E-state index in [1.165, 1.54) is 11.1 Å². The molecule has 0 aliphatic heterocycles. The average molecular weight is 242 g/mol. The van der Waals surface area contributed by atoms with Gasteiger partial charge in [0.25, 0.3) is 0 Å². The number of aliphatic hydroxyl groups is 1. The van der Waals surface area contributed by atoms with Crippen LogP contribution in [-0.2, 0) is 13.0 Å². The van der Waals surface area contributed by atoms with E-state index in [-0.39, 0.29) is 5.92 Å². The number of imidazole rings is 1. The highest BCUT2D eigenvalue weighted by molar-refractivity contribution is 5.41. The lowest BCUT2D eigenvalue weighted by atomic mass is 9.74. The third-order valence-electron chi connectivity index (χ3n) is 3.75. The Kier molecular flexibility index (Phi) is 2.92. The molecule has 1 heterocycles. The van der Waals surface area contributed by atoms with Gasteiger partial charge in [-0.1, -0.05) is 31.2 Å². The number of fused-ring (bicyclic) bond motifs is 1. The van der Waals surface area contributed by atoms with Crippen molar-refractivity contribution < 1.29 is 5.11 Å². The van der Waals surface area contributed by atoms with Crippen LogP contribution in [-0.4, -0.2) is 14.7 Å². The summed E-state index contributed by atoms with van der Waals surface area (Å²) in [5.74, 6) is 1.01. The summed E-state index contributed by atoms with van der Waals surface area (Å²) >= 11 is 0. The van der Waals surface area contributed by atoms with Gasteiger partial charge in [0.1, 0.15) is 11.9 Å². The Balaban J connectivity index is 1.84. The van der Waals surface area contributed by atoms with Gasteiger partial charge in [0, 0.05) is 24.9 Å². The fraction of sp³-hybridized carbons (Fsp3) is 0.400. The van der Waals surface area contributed by atoms with Crippen LogP contribution in [0.1, 0.15) is 42.3 Å². The van der Waals surface area contributed by atoms with Gasteiger partial charge in [-0.15, -0.1) is 0 Å². The topological polar surface area (TPSA) is 38.0 Å². The van der Waals surface area contributed by atoms with Crippen molar-refractivity contribution in [3.05, 3.63) is 53.6 Å². The predicted octanol–water partition coefficient (Wildman–Crippen LogP) is 2.67. The number of nitrogens with zero attached hydrogens (tertiary/aromatic N) is 2. The van der Waals surface area contributed by atoms with Crippen molar-refractivity contribution >= 4 is 0 Å². The van der Waals surface area contributed by atoms with Crippen LogP contribution in [0.5, 0.6) is 0 Å². The molecule has 0 saturated heterocycles. The molecule has 0 bridgehead atoms. The number of aromatic nitrogens is 2. The van der Waals surface area contributed by atoms with Crippen LogP contribution in [0.15, 0.2) is 36.7 Å². The molecule has 0 fully saturated rings. The van der Waals surface area contributed by atoms with Crippen molar-refractivity contribution in [1.82, 2.24) is 9.55 Å². The lowest BCUT2D eigenvalue weighted by Gasteiger charge is -2.33. The summed E-state index contributed by atoms with van der Waals surface area (Å²) in [4.78, 5) is 4.32. The molecule has 0 saturated carbocycles. The van der Waals surface area contributed by atoms with Gasteiger partial charge < -0.3 is 9.67 Å². The molecule has 1 aliphatic carbocycles. The quantitative estimate of drug-likeness (QED) is 0.895. The zero-order valence-corrected chi connectivity index (χ0v) is 10.6. The van der Waals surface area contributed by atoms with Crippen molar-refractivity contribution in [2.45, 2.75) is 38.3 Å². The second-order valence-corrected chi connectivity index (χ2v) is 4.93. The van der Waals surface area contributed by atoms with E-state index in [9.17, 15) is 5.11 Å². The molecule has 0 spiro atoms. The third kappa shape index (κ3) is 1.75. The SMILES string of the molecule is CCCn1ccnc1C(O)C1Cc2ccccc21. The zero-order chi connectivity index (χ0) is 12.5. The molecule has 1 aromatic heterocycles. The van der Waals surface area contributed by atoms with Crippen LogP contribution in [0.4, 0.5) is 0 Å². The van der Waals surface area contributed by atoms with Crippen LogP contribution in [0.25, 0.3) is 0 Å². The molecule has 2 aromatic rings. The van der Waals surface area contributed by atoms with Gasteiger partial charge >= 0.3 is 0 Å². The van der Waals surface area contributed by atoms with Crippen LogP contribution >= 0.6 is 0 Å². The van der Waals surface area contributed by atoms with Crippen LogP contribution in [0.3, 0.4) is 0 Å². The number of aliphatic hydroxyl groups excluding tert-OH is 1. The molecule has 1 aromatic carbocycles. The Hall–Kier alpha value is -1.61. The van der Waals surface area contributed by atoms with E-state index in [1.54, 1.807) is 6.20 Å². The molecule has 3 heteroatoms. The first-order valence-corrected chi connectivity index (χ1v) is 6.58. The average Bonchev–Trinajstić information content (AvgIpc) is 2.79. The lowest BCUT2D eigenvalue weighted by molar-refractivity contribution is 0.121. The minimum Gasteiger partial charge on any atom is -0.385 e. The second kappa shape index (κ2) is 4.58. The van der Waals surface area contributed by atoms with Crippen LogP contribution in [0, 0.1) is 0 Å². The minimum atomic E-state index is -0.485. The maximum Gasteiger partial charge on any atom is 0.138 e. The van der Waals surface area contributed by atoms with Gasteiger partial charge in [-0.05, 0) is 24.0 Å². The zero-order valence-electron chi connectivity index (χ0n) is 10.6. The van der Waals surface area contributed by atoms with E-state index in [2.05, 4.69) is 34.7 Å².